The maximum atomic E-state index is 12.3. The van der Waals surface area contributed by atoms with Crippen LogP contribution in [0.5, 0.6) is 0 Å². The molecule has 0 atom stereocenters. The van der Waals surface area contributed by atoms with Crippen molar-refractivity contribution < 1.29 is 22.3 Å². The van der Waals surface area contributed by atoms with E-state index in [2.05, 4.69) is 4.74 Å². The molecule has 0 amide bonds. The van der Waals surface area contributed by atoms with E-state index >= 15 is 0 Å². The number of ether oxygens (including phenoxy) is 1. The summed E-state index contributed by atoms with van der Waals surface area (Å²) in [4.78, 5) is 0. The van der Waals surface area contributed by atoms with Crippen molar-refractivity contribution in [2.45, 2.75) is 68.9 Å². The minimum absolute atomic E-state index is 0. The van der Waals surface area contributed by atoms with Crippen molar-refractivity contribution in [3.63, 3.8) is 0 Å². The third kappa shape index (κ3) is 8.95. The van der Waals surface area contributed by atoms with Gasteiger partial charge in [0.05, 0.1) is 0 Å². The van der Waals surface area contributed by atoms with Crippen molar-refractivity contribution in [1.29, 1.82) is 0 Å². The summed E-state index contributed by atoms with van der Waals surface area (Å²) in [6.45, 7) is 1.40. The largest absolute Gasteiger partial charge is 0.419 e. The molecule has 0 aromatic rings. The Hall–Kier alpha value is -0.320. The van der Waals surface area contributed by atoms with Crippen LogP contribution in [0, 0.1) is 0 Å². The molecule has 0 N–H and O–H groups in total. The molecule has 0 fully saturated rings. The third-order valence-corrected chi connectivity index (χ3v) is 1.25. The highest BCUT2D eigenvalue weighted by molar-refractivity contribution is 4.75. The zero-order valence-corrected chi connectivity index (χ0v) is 6.33. The minimum atomic E-state index is -4.34. The maximum absolute atomic E-state index is 12.3. The SMILES string of the molecule is C.C.C.C.C.CCCC(F)(F)C(F)(F)OC. The molecule has 5 heteroatoms. The van der Waals surface area contributed by atoms with Crippen molar-refractivity contribution in [2.24, 2.45) is 0 Å². The first kappa shape index (κ1) is 36.1. The van der Waals surface area contributed by atoms with E-state index in [1.54, 1.807) is 0 Å². The van der Waals surface area contributed by atoms with Gasteiger partial charge in [0.25, 0.3) is 0 Å². The predicted molar refractivity (Wildman–Crippen MR) is 65.5 cm³/mol. The fourth-order valence-electron chi connectivity index (χ4n) is 0.609. The Bertz CT molecular complexity index is 127. The van der Waals surface area contributed by atoms with Crippen LogP contribution < -0.4 is 0 Å². The second-order valence-electron chi connectivity index (χ2n) is 2.18. The molecular formula is C11H30F4O. The number of rotatable bonds is 4. The highest BCUT2D eigenvalue weighted by Crippen LogP contribution is 2.37. The molecule has 0 bridgehead atoms. The third-order valence-electron chi connectivity index (χ3n) is 1.25. The summed E-state index contributed by atoms with van der Waals surface area (Å²) in [5, 5.41) is 0. The Kier molecular flexibility index (Phi) is 28.7. The van der Waals surface area contributed by atoms with E-state index in [1.807, 2.05) is 0 Å². The average Bonchev–Trinajstić information content (AvgIpc) is 1.87. The van der Waals surface area contributed by atoms with E-state index in [9.17, 15) is 17.6 Å². The summed E-state index contributed by atoms with van der Waals surface area (Å²) in [5.41, 5.74) is 0. The number of halogens is 4. The molecule has 1 nitrogen and oxygen atoms in total. The van der Waals surface area contributed by atoms with Crippen LogP contribution in [-0.2, 0) is 4.74 Å². The highest BCUT2D eigenvalue weighted by Gasteiger charge is 2.56. The van der Waals surface area contributed by atoms with Gasteiger partial charge in [-0.25, -0.2) is 0 Å². The standard InChI is InChI=1S/C6H10F4O.5CH4/c1-3-4-5(7,8)6(9,10)11-2;;;;;/h3-4H2,1-2H3;5*1H4. The molecule has 0 aliphatic carbocycles. The van der Waals surface area contributed by atoms with Gasteiger partial charge in [0.2, 0.25) is 0 Å². The van der Waals surface area contributed by atoms with Crippen LogP contribution in [0.4, 0.5) is 17.6 Å². The van der Waals surface area contributed by atoms with Crippen molar-refractivity contribution in [1.82, 2.24) is 0 Å². The molecule has 0 unspecified atom stereocenters. The van der Waals surface area contributed by atoms with E-state index in [4.69, 9.17) is 0 Å². The molecule has 0 spiro atoms. The summed E-state index contributed by atoms with van der Waals surface area (Å²) >= 11 is 0. The summed E-state index contributed by atoms with van der Waals surface area (Å²) < 4.78 is 52.3. The molecule has 0 aliphatic rings. The molecule has 0 rings (SSSR count). The average molecular weight is 254 g/mol. The van der Waals surface area contributed by atoms with E-state index in [0.29, 0.717) is 7.11 Å². The van der Waals surface area contributed by atoms with Crippen LogP contribution >= 0.6 is 0 Å². The highest BCUT2D eigenvalue weighted by atomic mass is 19.3. The lowest BCUT2D eigenvalue weighted by Gasteiger charge is -2.23. The lowest BCUT2D eigenvalue weighted by molar-refractivity contribution is -0.339. The fourth-order valence-corrected chi connectivity index (χ4v) is 0.609. The van der Waals surface area contributed by atoms with Crippen molar-refractivity contribution >= 4 is 0 Å². The van der Waals surface area contributed by atoms with Gasteiger partial charge in [-0.05, 0) is 0 Å². The number of alkyl halides is 4. The minimum Gasteiger partial charge on any atom is -0.319 e. The first-order valence-electron chi connectivity index (χ1n) is 3.18. The molecule has 0 aromatic heterocycles. The smallest absolute Gasteiger partial charge is 0.319 e. The lowest BCUT2D eigenvalue weighted by atomic mass is 10.2. The second-order valence-corrected chi connectivity index (χ2v) is 2.18. The van der Waals surface area contributed by atoms with Crippen LogP contribution in [0.15, 0.2) is 0 Å². The van der Waals surface area contributed by atoms with Gasteiger partial charge >= 0.3 is 12.0 Å². The van der Waals surface area contributed by atoms with Crippen LogP contribution in [-0.4, -0.2) is 19.1 Å². The van der Waals surface area contributed by atoms with E-state index in [-0.39, 0.29) is 43.6 Å². The van der Waals surface area contributed by atoms with Gasteiger partial charge in [-0.3, -0.25) is 0 Å². The molecule has 0 radical (unpaired) electrons. The van der Waals surface area contributed by atoms with Crippen LogP contribution in [0.25, 0.3) is 0 Å². The quantitative estimate of drug-likeness (QED) is 0.572. The monoisotopic (exact) mass is 254 g/mol. The van der Waals surface area contributed by atoms with E-state index in [1.165, 1.54) is 6.92 Å². The second kappa shape index (κ2) is 12.7. The van der Waals surface area contributed by atoms with Crippen LogP contribution in [0.1, 0.15) is 56.9 Å². The summed E-state index contributed by atoms with van der Waals surface area (Å²) in [6, 6.07) is 0. The maximum Gasteiger partial charge on any atom is 0.419 e. The Balaban J connectivity index is -0.0000000500. The normalized spacial score (nSPS) is 9.38. The molecule has 16 heavy (non-hydrogen) atoms. The molecule has 0 heterocycles. The van der Waals surface area contributed by atoms with Crippen molar-refractivity contribution in [2.75, 3.05) is 7.11 Å². The number of methoxy groups -OCH3 is 1. The Morgan fingerprint density at radius 1 is 0.875 bits per heavy atom. The molecule has 108 valence electrons. The molecule has 0 aliphatic heterocycles. The lowest BCUT2D eigenvalue weighted by Crippen LogP contribution is -2.41. The fraction of sp³-hybridized carbons (Fsp3) is 1.00. The van der Waals surface area contributed by atoms with Gasteiger partial charge in [-0.1, -0.05) is 50.5 Å². The van der Waals surface area contributed by atoms with Crippen LogP contribution in [0.3, 0.4) is 0 Å². The first-order chi connectivity index (χ1) is 4.87. The van der Waals surface area contributed by atoms with E-state index < -0.39 is 18.5 Å². The van der Waals surface area contributed by atoms with E-state index in [0.717, 1.165) is 0 Å². The summed E-state index contributed by atoms with van der Waals surface area (Å²) in [6.07, 6.45) is -5.22. The van der Waals surface area contributed by atoms with Crippen LogP contribution in [0.2, 0.25) is 0 Å². The number of hydrogen-bond donors (Lipinski definition) is 0. The summed E-state index contributed by atoms with van der Waals surface area (Å²) in [5.74, 6) is -4.06. The zero-order chi connectivity index (χ0) is 9.12. The first-order valence-corrected chi connectivity index (χ1v) is 3.18. The number of hydrogen-bond acceptors (Lipinski definition) is 1. The van der Waals surface area contributed by atoms with Gasteiger partial charge < -0.3 is 4.74 Å². The van der Waals surface area contributed by atoms with Gasteiger partial charge in [-0.2, -0.15) is 17.6 Å². The Morgan fingerprint density at radius 2 is 1.19 bits per heavy atom. The van der Waals surface area contributed by atoms with Gasteiger partial charge in [0.15, 0.2) is 0 Å². The molecular weight excluding hydrogens is 224 g/mol. The Morgan fingerprint density at radius 3 is 1.38 bits per heavy atom. The van der Waals surface area contributed by atoms with Gasteiger partial charge in [0, 0.05) is 13.5 Å². The summed E-state index contributed by atoms with van der Waals surface area (Å²) in [7, 11) is 0.559. The Labute approximate surface area is 99.2 Å². The topological polar surface area (TPSA) is 9.23 Å². The van der Waals surface area contributed by atoms with Crippen molar-refractivity contribution in [3.05, 3.63) is 0 Å². The van der Waals surface area contributed by atoms with Gasteiger partial charge in [0.1, 0.15) is 0 Å². The van der Waals surface area contributed by atoms with Crippen molar-refractivity contribution in [3.8, 4) is 0 Å². The molecule has 0 aromatic carbocycles. The van der Waals surface area contributed by atoms with Gasteiger partial charge in [-0.15, -0.1) is 0 Å². The zero-order valence-electron chi connectivity index (χ0n) is 6.33. The molecule has 0 saturated heterocycles. The predicted octanol–water partition coefficient (Wildman–Crippen LogP) is 5.84. The molecule has 0 saturated carbocycles.